The Morgan fingerprint density at radius 2 is 1.97 bits per heavy atom. The highest BCUT2D eigenvalue weighted by Gasteiger charge is 2.27. The van der Waals surface area contributed by atoms with Crippen LogP contribution < -0.4 is 14.8 Å². The molecule has 0 bridgehead atoms. The minimum Gasteiger partial charge on any atom is -0.491 e. The van der Waals surface area contributed by atoms with E-state index in [1.54, 1.807) is 19.1 Å². The first-order chi connectivity index (χ1) is 18.2. The fourth-order valence-corrected chi connectivity index (χ4v) is 5.06. The highest BCUT2D eigenvalue weighted by Crippen LogP contribution is 2.38. The van der Waals surface area contributed by atoms with Crippen molar-refractivity contribution in [3.8, 4) is 22.9 Å². The Bertz CT molecular complexity index is 1460. The molecule has 0 aliphatic carbocycles. The second kappa shape index (κ2) is 10.2. The van der Waals surface area contributed by atoms with Gasteiger partial charge in [-0.15, -0.1) is 0 Å². The Balaban J connectivity index is 1.32. The van der Waals surface area contributed by atoms with Gasteiger partial charge in [0.05, 0.1) is 25.4 Å². The lowest BCUT2D eigenvalue weighted by atomic mass is 10.0. The Morgan fingerprint density at radius 1 is 1.21 bits per heavy atom. The molecule has 0 atom stereocenters. The lowest BCUT2D eigenvalue weighted by Crippen LogP contribution is -2.46. The molecule has 0 unspecified atom stereocenters. The maximum absolute atomic E-state index is 12.4. The highest BCUT2D eigenvalue weighted by molar-refractivity contribution is 5.97. The molecule has 5 heterocycles. The number of aromatic amines is 2. The van der Waals surface area contributed by atoms with Gasteiger partial charge < -0.3 is 34.4 Å². The van der Waals surface area contributed by atoms with Crippen LogP contribution in [0.1, 0.15) is 44.7 Å². The van der Waals surface area contributed by atoms with Gasteiger partial charge in [-0.2, -0.15) is 0 Å². The van der Waals surface area contributed by atoms with Crippen molar-refractivity contribution >= 4 is 28.2 Å². The zero-order chi connectivity index (χ0) is 27.0. The molecule has 38 heavy (non-hydrogen) atoms. The van der Waals surface area contributed by atoms with Crippen molar-refractivity contribution in [2.24, 2.45) is 0 Å². The quantitative estimate of drug-likeness (QED) is 0.330. The van der Waals surface area contributed by atoms with E-state index in [2.05, 4.69) is 26.3 Å². The molecule has 10 nitrogen and oxygen atoms in total. The average molecular weight is 521 g/mol. The number of ether oxygens (including phenoxy) is 3. The van der Waals surface area contributed by atoms with Crippen molar-refractivity contribution in [3.63, 3.8) is 0 Å². The fraction of sp³-hybridized carbons (Fsp3) is 0.464. The van der Waals surface area contributed by atoms with Gasteiger partial charge in [0, 0.05) is 54.6 Å². The minimum atomic E-state index is -0.477. The van der Waals surface area contributed by atoms with E-state index in [0.29, 0.717) is 37.3 Å². The summed E-state index contributed by atoms with van der Waals surface area (Å²) < 4.78 is 16.5. The van der Waals surface area contributed by atoms with Gasteiger partial charge in [-0.25, -0.2) is 14.8 Å². The summed E-state index contributed by atoms with van der Waals surface area (Å²) in [5.41, 5.74) is 6.03. The van der Waals surface area contributed by atoms with E-state index in [9.17, 15) is 4.79 Å². The maximum atomic E-state index is 12.4. The molecule has 1 fully saturated rings. The van der Waals surface area contributed by atoms with E-state index >= 15 is 0 Å². The number of likely N-dealkylation sites (tertiary alicyclic amines) is 1. The normalized spacial score (nSPS) is 14.8. The van der Waals surface area contributed by atoms with E-state index in [0.717, 1.165) is 57.3 Å². The number of rotatable bonds is 6. The van der Waals surface area contributed by atoms with Gasteiger partial charge in [0.1, 0.15) is 16.8 Å². The lowest BCUT2D eigenvalue weighted by Gasteiger charge is -2.33. The van der Waals surface area contributed by atoms with Gasteiger partial charge in [0.15, 0.2) is 5.75 Å². The topological polar surface area (TPSA) is 117 Å². The number of amides is 1. The molecule has 0 radical (unpaired) electrons. The van der Waals surface area contributed by atoms with Crippen molar-refractivity contribution in [1.82, 2.24) is 30.2 Å². The van der Waals surface area contributed by atoms with E-state index in [4.69, 9.17) is 19.2 Å². The molecule has 3 N–H and O–H groups in total. The van der Waals surface area contributed by atoms with Crippen LogP contribution in [0.25, 0.3) is 33.3 Å². The molecule has 202 valence electrons. The van der Waals surface area contributed by atoms with Crippen LogP contribution in [-0.2, 0) is 11.3 Å². The highest BCUT2D eigenvalue weighted by atomic mass is 16.6. The Kier molecular flexibility index (Phi) is 6.92. The van der Waals surface area contributed by atoms with Crippen molar-refractivity contribution in [2.75, 3.05) is 27.3 Å². The molecule has 0 saturated carbocycles. The Hall–Kier alpha value is -3.79. The van der Waals surface area contributed by atoms with Crippen LogP contribution in [0.2, 0.25) is 0 Å². The predicted molar refractivity (Wildman–Crippen MR) is 147 cm³/mol. The number of aryl methyl sites for hydroxylation is 1. The average Bonchev–Trinajstić information content (AvgIpc) is 3.51. The number of piperidine rings is 1. The lowest BCUT2D eigenvalue weighted by molar-refractivity contribution is 0.0198. The van der Waals surface area contributed by atoms with Crippen molar-refractivity contribution in [3.05, 3.63) is 35.7 Å². The summed E-state index contributed by atoms with van der Waals surface area (Å²) in [5.74, 6) is 1.08. The molecular weight excluding hydrogens is 484 g/mol. The van der Waals surface area contributed by atoms with Crippen LogP contribution in [0.4, 0.5) is 4.79 Å². The SMILES string of the molecule is COc1nc2c(-c3cc4c(CNC5CCN(C(=O)OC(C)(C)C)CC5)ccnc4[nH]3)c[nH]c2c(C)c1OC. The number of hydrogen-bond acceptors (Lipinski definition) is 7. The first-order valence-electron chi connectivity index (χ1n) is 13.0. The molecule has 1 amide bonds. The van der Waals surface area contributed by atoms with E-state index in [1.165, 1.54) is 0 Å². The number of aromatic nitrogens is 4. The third kappa shape index (κ3) is 5.00. The first kappa shape index (κ1) is 25.8. The van der Waals surface area contributed by atoms with E-state index in [-0.39, 0.29) is 6.09 Å². The number of methoxy groups -OCH3 is 2. The number of hydrogen-bond donors (Lipinski definition) is 3. The van der Waals surface area contributed by atoms with E-state index < -0.39 is 5.60 Å². The predicted octanol–water partition coefficient (Wildman–Crippen LogP) is 4.92. The largest absolute Gasteiger partial charge is 0.491 e. The number of fused-ring (bicyclic) bond motifs is 2. The zero-order valence-electron chi connectivity index (χ0n) is 22.9. The summed E-state index contributed by atoms with van der Waals surface area (Å²) >= 11 is 0. The van der Waals surface area contributed by atoms with Gasteiger partial charge in [0.25, 0.3) is 5.88 Å². The van der Waals surface area contributed by atoms with Gasteiger partial charge >= 0.3 is 6.09 Å². The molecule has 1 saturated heterocycles. The maximum Gasteiger partial charge on any atom is 0.410 e. The molecule has 1 aliphatic rings. The van der Waals surface area contributed by atoms with Crippen molar-refractivity contribution < 1.29 is 19.0 Å². The van der Waals surface area contributed by atoms with E-state index in [1.807, 2.05) is 46.2 Å². The number of nitrogens with zero attached hydrogens (tertiary/aromatic N) is 3. The molecule has 10 heteroatoms. The second-order valence-corrected chi connectivity index (χ2v) is 10.7. The van der Waals surface area contributed by atoms with Gasteiger partial charge in [0.2, 0.25) is 0 Å². The molecule has 4 aromatic rings. The van der Waals surface area contributed by atoms with Crippen LogP contribution >= 0.6 is 0 Å². The Morgan fingerprint density at radius 3 is 2.66 bits per heavy atom. The third-order valence-corrected chi connectivity index (χ3v) is 7.01. The molecular formula is C28H36N6O4. The number of carbonyl (C=O) groups excluding carboxylic acids is 1. The summed E-state index contributed by atoms with van der Waals surface area (Å²) in [6.45, 7) is 9.76. The molecule has 5 rings (SSSR count). The van der Waals surface area contributed by atoms with Gasteiger partial charge in [-0.05, 0) is 58.2 Å². The number of carbonyl (C=O) groups is 1. The molecule has 0 spiro atoms. The van der Waals surface area contributed by atoms with Crippen LogP contribution in [-0.4, -0.2) is 69.9 Å². The van der Waals surface area contributed by atoms with Gasteiger partial charge in [-0.1, -0.05) is 0 Å². The summed E-state index contributed by atoms with van der Waals surface area (Å²) in [4.78, 5) is 30.3. The number of H-pyrrole nitrogens is 2. The van der Waals surface area contributed by atoms with Crippen molar-refractivity contribution in [1.29, 1.82) is 0 Å². The minimum absolute atomic E-state index is 0.232. The summed E-state index contributed by atoms with van der Waals surface area (Å²) in [5, 5.41) is 4.74. The Labute approximate surface area is 222 Å². The van der Waals surface area contributed by atoms with Crippen molar-refractivity contribution in [2.45, 2.75) is 58.7 Å². The third-order valence-electron chi connectivity index (χ3n) is 7.01. The molecule has 4 aromatic heterocycles. The van der Waals surface area contributed by atoms with Crippen LogP contribution in [0.15, 0.2) is 24.5 Å². The van der Waals surface area contributed by atoms with Crippen LogP contribution in [0.3, 0.4) is 0 Å². The second-order valence-electron chi connectivity index (χ2n) is 10.7. The van der Waals surface area contributed by atoms with Gasteiger partial charge in [-0.3, -0.25) is 0 Å². The van der Waals surface area contributed by atoms with Crippen LogP contribution in [0, 0.1) is 6.92 Å². The first-order valence-corrected chi connectivity index (χ1v) is 13.0. The molecule has 0 aromatic carbocycles. The summed E-state index contributed by atoms with van der Waals surface area (Å²) in [7, 11) is 3.21. The monoisotopic (exact) mass is 520 g/mol. The zero-order valence-corrected chi connectivity index (χ0v) is 22.9. The molecule has 1 aliphatic heterocycles. The van der Waals surface area contributed by atoms with Crippen LogP contribution in [0.5, 0.6) is 11.6 Å². The summed E-state index contributed by atoms with van der Waals surface area (Å²) in [6, 6.07) is 4.51. The fourth-order valence-electron chi connectivity index (χ4n) is 5.06. The smallest absolute Gasteiger partial charge is 0.410 e. The number of pyridine rings is 2. The standard InChI is InChI=1S/C28H36N6O4/c1-16-22-23(33-26(37-6)24(16)36-5)20(15-31-22)21-13-19-17(7-10-29-25(19)32-21)14-30-18-8-11-34(12-9-18)27(35)38-28(2,3)4/h7,10,13,15,18,30-31H,8-9,11-12,14H2,1-6H3,(H,29,32). The number of nitrogens with one attached hydrogen (secondary N) is 3. The summed E-state index contributed by atoms with van der Waals surface area (Å²) in [6.07, 6.45) is 5.32.